The Morgan fingerprint density at radius 1 is 0.353 bits per heavy atom. The lowest BCUT2D eigenvalue weighted by Gasteiger charge is -2.18. The minimum atomic E-state index is 0.631. The van der Waals surface area contributed by atoms with Gasteiger partial charge < -0.3 is 0 Å². The first-order chi connectivity index (χ1) is 25.3. The van der Waals surface area contributed by atoms with Crippen molar-refractivity contribution in [2.75, 3.05) is 0 Å². The van der Waals surface area contributed by atoms with Crippen LogP contribution >= 0.6 is 0 Å². The van der Waals surface area contributed by atoms with Crippen LogP contribution in [0, 0.1) is 0 Å². The summed E-state index contributed by atoms with van der Waals surface area (Å²) < 4.78 is 0. The molecule has 1 aromatic heterocycles. The van der Waals surface area contributed by atoms with Gasteiger partial charge in [0.25, 0.3) is 0 Å². The van der Waals surface area contributed by atoms with E-state index in [1.165, 1.54) is 10.9 Å². The van der Waals surface area contributed by atoms with Gasteiger partial charge in [-0.2, -0.15) is 0 Å². The summed E-state index contributed by atoms with van der Waals surface area (Å²) in [6, 6.07) is 57.4. The predicted octanol–water partition coefficient (Wildman–Crippen LogP) is 12.5. The van der Waals surface area contributed by atoms with Crippen molar-refractivity contribution in [3.63, 3.8) is 0 Å². The fraction of sp³-hybridized carbons (Fsp3) is 0.0208. The normalized spacial score (nSPS) is 12.1. The maximum Gasteiger partial charge on any atom is 0.165 e. The average Bonchev–Trinajstić information content (AvgIpc) is 3.47. The van der Waals surface area contributed by atoms with Gasteiger partial charge in [0.2, 0.25) is 0 Å². The molecule has 0 unspecified atom stereocenters. The number of hydrogen-bond donors (Lipinski definition) is 0. The SMILES string of the molecule is C1=Cc2ccc(-c3ccccc3)c(-c3nc(-c4ccc(-c5ccccc5)cc4)nc(-c4ccc5ccccc5c4-c4ccccc4)n3)c2C=CC1. The molecule has 0 radical (unpaired) electrons. The molecule has 0 saturated heterocycles. The van der Waals surface area contributed by atoms with E-state index in [9.17, 15) is 0 Å². The fourth-order valence-electron chi connectivity index (χ4n) is 7.07. The second-order valence-corrected chi connectivity index (χ2v) is 12.7. The molecule has 3 heteroatoms. The molecule has 3 nitrogen and oxygen atoms in total. The summed E-state index contributed by atoms with van der Waals surface area (Å²) in [5, 5.41) is 2.33. The maximum absolute atomic E-state index is 5.40. The largest absolute Gasteiger partial charge is 0.208 e. The van der Waals surface area contributed by atoms with Crippen LogP contribution in [0.25, 0.3) is 90.5 Å². The number of aromatic nitrogens is 3. The van der Waals surface area contributed by atoms with Gasteiger partial charge in [-0.3, -0.25) is 0 Å². The Morgan fingerprint density at radius 2 is 0.922 bits per heavy atom. The van der Waals surface area contributed by atoms with Crippen LogP contribution in [0.1, 0.15) is 17.5 Å². The van der Waals surface area contributed by atoms with Gasteiger partial charge >= 0.3 is 0 Å². The van der Waals surface area contributed by atoms with Crippen LogP contribution in [-0.4, -0.2) is 15.0 Å². The second-order valence-electron chi connectivity index (χ2n) is 12.7. The van der Waals surface area contributed by atoms with Gasteiger partial charge in [0.05, 0.1) is 0 Å². The standard InChI is InChI=1S/C48H33N3/c1-5-15-33(16-6-1)34-25-27-39(28-26-34)46-49-47(43-32-30-36-20-13-14-24-40(36)44(43)38-21-10-3-11-22-38)51-48(50-46)45-41-23-12-4-9-19-37(41)29-31-42(45)35-17-7-2-8-18-35/h1-3,5-32H,4H2. The van der Waals surface area contributed by atoms with Gasteiger partial charge in [-0.05, 0) is 62.2 Å². The van der Waals surface area contributed by atoms with Crippen LogP contribution in [0.4, 0.5) is 0 Å². The summed E-state index contributed by atoms with van der Waals surface area (Å²) in [6.07, 6.45) is 9.71. The van der Waals surface area contributed by atoms with Crippen molar-refractivity contribution < 1.29 is 0 Å². The van der Waals surface area contributed by atoms with Crippen LogP contribution in [0.15, 0.2) is 176 Å². The third-order valence-corrected chi connectivity index (χ3v) is 9.56. The van der Waals surface area contributed by atoms with Crippen LogP contribution in [0.5, 0.6) is 0 Å². The molecule has 0 aliphatic heterocycles. The van der Waals surface area contributed by atoms with Gasteiger partial charge in [0, 0.05) is 22.3 Å². The summed E-state index contributed by atoms with van der Waals surface area (Å²) in [5.41, 5.74) is 11.9. The van der Waals surface area contributed by atoms with Crippen molar-refractivity contribution in [1.29, 1.82) is 0 Å². The Hall–Kier alpha value is -6.71. The van der Waals surface area contributed by atoms with Crippen LogP contribution in [0.2, 0.25) is 0 Å². The van der Waals surface area contributed by atoms with Gasteiger partial charge in [-0.25, -0.2) is 15.0 Å². The highest BCUT2D eigenvalue weighted by Gasteiger charge is 2.22. The Bertz CT molecular complexity index is 2570. The summed E-state index contributed by atoms with van der Waals surface area (Å²) in [7, 11) is 0. The molecule has 0 fully saturated rings. The molecule has 7 aromatic carbocycles. The lowest BCUT2D eigenvalue weighted by molar-refractivity contribution is 1.07. The maximum atomic E-state index is 5.40. The highest BCUT2D eigenvalue weighted by atomic mass is 15.0. The molecular formula is C48H33N3. The molecule has 0 N–H and O–H groups in total. The Labute approximate surface area is 298 Å². The van der Waals surface area contributed by atoms with E-state index >= 15 is 0 Å². The van der Waals surface area contributed by atoms with Crippen molar-refractivity contribution in [3.8, 4) is 67.5 Å². The van der Waals surface area contributed by atoms with E-state index in [2.05, 4.69) is 182 Å². The number of rotatable bonds is 6. The van der Waals surface area contributed by atoms with Crippen LogP contribution < -0.4 is 0 Å². The molecule has 240 valence electrons. The molecule has 8 aromatic rings. The molecule has 0 amide bonds. The van der Waals surface area contributed by atoms with Crippen molar-refractivity contribution in [2.45, 2.75) is 6.42 Å². The Balaban J connectivity index is 1.33. The van der Waals surface area contributed by atoms with Crippen molar-refractivity contribution in [1.82, 2.24) is 15.0 Å². The van der Waals surface area contributed by atoms with E-state index in [0.29, 0.717) is 17.5 Å². The lowest BCUT2D eigenvalue weighted by Crippen LogP contribution is -2.04. The monoisotopic (exact) mass is 651 g/mol. The molecule has 51 heavy (non-hydrogen) atoms. The summed E-state index contributed by atoms with van der Waals surface area (Å²) >= 11 is 0. The van der Waals surface area contributed by atoms with Gasteiger partial charge in [0.15, 0.2) is 17.5 Å². The van der Waals surface area contributed by atoms with E-state index in [0.717, 1.165) is 67.4 Å². The molecule has 0 bridgehead atoms. The van der Waals surface area contributed by atoms with E-state index in [1.807, 2.05) is 6.07 Å². The molecule has 9 rings (SSSR count). The fourth-order valence-corrected chi connectivity index (χ4v) is 7.07. The van der Waals surface area contributed by atoms with E-state index < -0.39 is 0 Å². The van der Waals surface area contributed by atoms with Crippen molar-refractivity contribution in [3.05, 3.63) is 187 Å². The summed E-state index contributed by atoms with van der Waals surface area (Å²) in [4.78, 5) is 16.0. The number of hydrogen-bond acceptors (Lipinski definition) is 3. The lowest BCUT2D eigenvalue weighted by atomic mass is 9.90. The van der Waals surface area contributed by atoms with Crippen molar-refractivity contribution in [2.24, 2.45) is 0 Å². The Kier molecular flexibility index (Phi) is 7.92. The summed E-state index contributed by atoms with van der Waals surface area (Å²) in [6.45, 7) is 0. The topological polar surface area (TPSA) is 38.7 Å². The molecule has 0 saturated carbocycles. The molecule has 0 atom stereocenters. The van der Waals surface area contributed by atoms with E-state index in [4.69, 9.17) is 15.0 Å². The van der Waals surface area contributed by atoms with Crippen molar-refractivity contribution >= 4 is 22.9 Å². The second kappa shape index (κ2) is 13.3. The van der Waals surface area contributed by atoms with Gasteiger partial charge in [-0.1, -0.05) is 182 Å². The Morgan fingerprint density at radius 3 is 1.69 bits per heavy atom. The molecule has 1 aliphatic rings. The average molecular weight is 652 g/mol. The zero-order chi connectivity index (χ0) is 34.0. The van der Waals surface area contributed by atoms with E-state index in [1.54, 1.807) is 0 Å². The molecule has 0 spiro atoms. The predicted molar refractivity (Wildman–Crippen MR) is 213 cm³/mol. The number of nitrogens with zero attached hydrogens (tertiary/aromatic N) is 3. The minimum Gasteiger partial charge on any atom is -0.208 e. The zero-order valence-corrected chi connectivity index (χ0v) is 27.9. The summed E-state index contributed by atoms with van der Waals surface area (Å²) in [5.74, 6) is 1.91. The van der Waals surface area contributed by atoms with Crippen LogP contribution in [-0.2, 0) is 0 Å². The molecule has 1 heterocycles. The first-order valence-electron chi connectivity index (χ1n) is 17.4. The molecule has 1 aliphatic carbocycles. The van der Waals surface area contributed by atoms with Gasteiger partial charge in [-0.15, -0.1) is 0 Å². The third kappa shape index (κ3) is 5.85. The first-order valence-corrected chi connectivity index (χ1v) is 17.4. The highest BCUT2D eigenvalue weighted by molar-refractivity contribution is 6.03. The third-order valence-electron chi connectivity index (χ3n) is 9.56. The van der Waals surface area contributed by atoms with Crippen LogP contribution in [0.3, 0.4) is 0 Å². The van der Waals surface area contributed by atoms with Gasteiger partial charge in [0.1, 0.15) is 0 Å². The number of benzene rings is 7. The molecular weight excluding hydrogens is 619 g/mol. The minimum absolute atomic E-state index is 0.631. The number of fused-ring (bicyclic) bond motifs is 2. The van der Waals surface area contributed by atoms with E-state index in [-0.39, 0.29) is 0 Å². The smallest absolute Gasteiger partial charge is 0.165 e. The first kappa shape index (κ1) is 30.4. The zero-order valence-electron chi connectivity index (χ0n) is 27.9. The number of allylic oxidation sites excluding steroid dienone is 2. The quantitative estimate of drug-likeness (QED) is 0.180. The highest BCUT2D eigenvalue weighted by Crippen LogP contribution is 2.41.